The summed E-state index contributed by atoms with van der Waals surface area (Å²) in [5, 5.41) is 6.06. The van der Waals surface area contributed by atoms with Crippen LogP contribution < -0.4 is 20.1 Å². The number of nitrogens with one attached hydrogen (secondary N) is 2. The third kappa shape index (κ3) is 6.02. The predicted octanol–water partition coefficient (Wildman–Crippen LogP) is 4.60. The first-order chi connectivity index (χ1) is 16.1. The van der Waals surface area contributed by atoms with Crippen molar-refractivity contribution in [1.29, 1.82) is 0 Å². The van der Waals surface area contributed by atoms with Gasteiger partial charge in [0, 0.05) is 5.69 Å². The molecule has 3 aromatic rings. The van der Waals surface area contributed by atoms with Gasteiger partial charge in [-0.2, -0.15) is 0 Å². The van der Waals surface area contributed by atoms with Crippen LogP contribution >= 0.6 is 11.8 Å². The van der Waals surface area contributed by atoms with Gasteiger partial charge in [0.1, 0.15) is 0 Å². The SMILES string of the molecule is COc1cc(/C=C2\SC(=Nc3ccccc3)NC2=O)ccc1OCC(=O)Nc1ccccc1. The highest BCUT2D eigenvalue weighted by Gasteiger charge is 2.24. The second-order valence-electron chi connectivity index (χ2n) is 6.93. The molecule has 33 heavy (non-hydrogen) atoms. The minimum Gasteiger partial charge on any atom is -0.493 e. The van der Waals surface area contributed by atoms with Gasteiger partial charge in [0.25, 0.3) is 11.8 Å². The van der Waals surface area contributed by atoms with E-state index < -0.39 is 0 Å². The molecule has 0 atom stereocenters. The van der Waals surface area contributed by atoms with Crippen LogP contribution in [0.5, 0.6) is 11.5 Å². The number of ether oxygens (including phenoxy) is 2. The lowest BCUT2D eigenvalue weighted by atomic mass is 10.2. The molecule has 0 spiro atoms. The van der Waals surface area contributed by atoms with E-state index in [2.05, 4.69) is 15.6 Å². The van der Waals surface area contributed by atoms with Crippen molar-refractivity contribution in [3.05, 3.63) is 89.3 Å². The zero-order valence-corrected chi connectivity index (χ0v) is 18.6. The number of carbonyl (C=O) groups excluding carboxylic acids is 2. The molecule has 0 aliphatic carbocycles. The molecule has 0 radical (unpaired) electrons. The molecular weight excluding hydrogens is 438 g/mol. The van der Waals surface area contributed by atoms with Gasteiger partial charge in [-0.3, -0.25) is 9.59 Å². The number of anilines is 1. The number of para-hydroxylation sites is 2. The molecule has 3 aromatic carbocycles. The fourth-order valence-electron chi connectivity index (χ4n) is 3.01. The van der Waals surface area contributed by atoms with Crippen molar-refractivity contribution in [3.8, 4) is 11.5 Å². The van der Waals surface area contributed by atoms with E-state index in [0.29, 0.717) is 27.3 Å². The number of hydrogen-bond acceptors (Lipinski definition) is 6. The van der Waals surface area contributed by atoms with Crippen LogP contribution in [0, 0.1) is 0 Å². The summed E-state index contributed by atoms with van der Waals surface area (Å²) < 4.78 is 11.0. The highest BCUT2D eigenvalue weighted by molar-refractivity contribution is 8.18. The van der Waals surface area contributed by atoms with E-state index in [1.165, 1.54) is 18.9 Å². The summed E-state index contributed by atoms with van der Waals surface area (Å²) in [6.07, 6.45) is 1.75. The monoisotopic (exact) mass is 459 g/mol. The van der Waals surface area contributed by atoms with Gasteiger partial charge in [0.05, 0.1) is 17.7 Å². The first kappa shape index (κ1) is 22.2. The maximum atomic E-state index is 12.3. The second-order valence-corrected chi connectivity index (χ2v) is 7.96. The smallest absolute Gasteiger partial charge is 0.264 e. The van der Waals surface area contributed by atoms with Crippen molar-refractivity contribution in [2.45, 2.75) is 0 Å². The van der Waals surface area contributed by atoms with Gasteiger partial charge in [-0.15, -0.1) is 0 Å². The Balaban J connectivity index is 1.42. The predicted molar refractivity (Wildman–Crippen MR) is 131 cm³/mol. The van der Waals surface area contributed by atoms with Crippen molar-refractivity contribution in [2.24, 2.45) is 4.99 Å². The topological polar surface area (TPSA) is 89.0 Å². The van der Waals surface area contributed by atoms with Crippen LogP contribution in [-0.2, 0) is 9.59 Å². The number of thioether (sulfide) groups is 1. The third-order valence-corrected chi connectivity index (χ3v) is 5.45. The molecule has 2 amide bonds. The van der Waals surface area contributed by atoms with Crippen LogP contribution in [0.2, 0.25) is 0 Å². The van der Waals surface area contributed by atoms with Crippen LogP contribution in [0.4, 0.5) is 11.4 Å². The molecule has 1 aliphatic rings. The minimum atomic E-state index is -0.279. The fourth-order valence-corrected chi connectivity index (χ4v) is 3.85. The Morgan fingerprint density at radius 1 is 1.03 bits per heavy atom. The Kier molecular flexibility index (Phi) is 7.06. The van der Waals surface area contributed by atoms with E-state index in [4.69, 9.17) is 9.47 Å². The first-order valence-corrected chi connectivity index (χ1v) is 10.9. The van der Waals surface area contributed by atoms with Crippen LogP contribution in [0.3, 0.4) is 0 Å². The average Bonchev–Trinajstić information content (AvgIpc) is 3.17. The molecule has 8 heteroatoms. The van der Waals surface area contributed by atoms with E-state index in [1.807, 2.05) is 48.5 Å². The van der Waals surface area contributed by atoms with Crippen molar-refractivity contribution < 1.29 is 19.1 Å². The number of nitrogens with zero attached hydrogens (tertiary/aromatic N) is 1. The highest BCUT2D eigenvalue weighted by Crippen LogP contribution is 2.32. The Morgan fingerprint density at radius 3 is 2.48 bits per heavy atom. The third-order valence-electron chi connectivity index (χ3n) is 4.54. The zero-order chi connectivity index (χ0) is 23.0. The molecule has 0 unspecified atom stereocenters. The molecule has 0 saturated carbocycles. The first-order valence-electron chi connectivity index (χ1n) is 10.1. The van der Waals surface area contributed by atoms with Gasteiger partial charge in [-0.1, -0.05) is 42.5 Å². The molecule has 7 nitrogen and oxygen atoms in total. The molecule has 0 aromatic heterocycles. The van der Waals surface area contributed by atoms with Crippen molar-refractivity contribution in [2.75, 3.05) is 19.0 Å². The van der Waals surface area contributed by atoms with Gasteiger partial charge in [0.15, 0.2) is 23.3 Å². The van der Waals surface area contributed by atoms with E-state index in [0.717, 1.165) is 11.3 Å². The summed E-state index contributed by atoms with van der Waals surface area (Å²) in [6, 6.07) is 23.8. The fraction of sp³-hybridized carbons (Fsp3) is 0.0800. The lowest BCUT2D eigenvalue weighted by Crippen LogP contribution is -2.20. The number of amidine groups is 1. The summed E-state index contributed by atoms with van der Waals surface area (Å²) in [7, 11) is 1.52. The Labute approximate surface area is 195 Å². The lowest BCUT2D eigenvalue weighted by Gasteiger charge is -2.11. The lowest BCUT2D eigenvalue weighted by molar-refractivity contribution is -0.118. The maximum absolute atomic E-state index is 12.3. The number of benzene rings is 3. The van der Waals surface area contributed by atoms with Crippen LogP contribution in [-0.4, -0.2) is 30.7 Å². The highest BCUT2D eigenvalue weighted by atomic mass is 32.2. The quantitative estimate of drug-likeness (QED) is 0.504. The van der Waals surface area contributed by atoms with E-state index in [-0.39, 0.29) is 18.4 Å². The van der Waals surface area contributed by atoms with Gasteiger partial charge < -0.3 is 20.1 Å². The summed E-state index contributed by atoms with van der Waals surface area (Å²) in [6.45, 7) is -0.163. The maximum Gasteiger partial charge on any atom is 0.264 e. The number of carbonyl (C=O) groups is 2. The second kappa shape index (κ2) is 10.5. The molecule has 2 N–H and O–H groups in total. The van der Waals surface area contributed by atoms with Gasteiger partial charge in [-0.05, 0) is 59.8 Å². The molecule has 1 fully saturated rings. The van der Waals surface area contributed by atoms with Gasteiger partial charge >= 0.3 is 0 Å². The average molecular weight is 460 g/mol. The Morgan fingerprint density at radius 2 is 1.76 bits per heavy atom. The summed E-state index contributed by atoms with van der Waals surface area (Å²) in [5.41, 5.74) is 2.22. The summed E-state index contributed by atoms with van der Waals surface area (Å²) >= 11 is 1.27. The van der Waals surface area contributed by atoms with Gasteiger partial charge in [-0.25, -0.2) is 4.99 Å². The zero-order valence-electron chi connectivity index (χ0n) is 17.8. The van der Waals surface area contributed by atoms with Crippen LogP contribution in [0.15, 0.2) is 88.8 Å². The Hall–Kier alpha value is -4.04. The van der Waals surface area contributed by atoms with E-state index in [1.54, 1.807) is 36.4 Å². The van der Waals surface area contributed by atoms with Gasteiger partial charge in [0.2, 0.25) is 0 Å². The standard InChI is InChI=1S/C25H21N3O4S/c1-31-21-14-17(12-13-20(21)32-16-23(29)26-18-8-4-2-5-9-18)15-22-24(30)28-25(33-22)27-19-10-6-3-7-11-19/h2-15H,16H2,1H3,(H,26,29)(H,27,28,30)/b22-15-. The van der Waals surface area contributed by atoms with Crippen molar-refractivity contribution in [1.82, 2.24) is 5.32 Å². The normalized spacial score (nSPS) is 15.4. The number of aliphatic imine (C=N–C) groups is 1. The number of rotatable bonds is 7. The number of methoxy groups -OCH3 is 1. The summed E-state index contributed by atoms with van der Waals surface area (Å²) in [5.74, 6) is 0.390. The minimum absolute atomic E-state index is 0.163. The Bertz CT molecular complexity index is 1210. The van der Waals surface area contributed by atoms with E-state index >= 15 is 0 Å². The van der Waals surface area contributed by atoms with Crippen LogP contribution in [0.1, 0.15) is 5.56 Å². The molecule has 1 saturated heterocycles. The van der Waals surface area contributed by atoms with Crippen molar-refractivity contribution in [3.63, 3.8) is 0 Å². The largest absolute Gasteiger partial charge is 0.493 e. The molecule has 1 heterocycles. The molecule has 4 rings (SSSR count). The molecular formula is C25H21N3O4S. The number of hydrogen-bond donors (Lipinski definition) is 2. The van der Waals surface area contributed by atoms with E-state index in [9.17, 15) is 9.59 Å². The molecule has 166 valence electrons. The van der Waals surface area contributed by atoms with Crippen LogP contribution in [0.25, 0.3) is 6.08 Å². The molecule has 1 aliphatic heterocycles. The number of amides is 2. The summed E-state index contributed by atoms with van der Waals surface area (Å²) in [4.78, 5) is 29.4. The van der Waals surface area contributed by atoms with Crippen molar-refractivity contribution >= 4 is 46.2 Å². The molecule has 0 bridgehead atoms.